The number of primary amides is 1. The van der Waals surface area contributed by atoms with Crippen LogP contribution < -0.4 is 27.4 Å². The molecular weight excluding hydrogens is 434 g/mol. The lowest BCUT2D eigenvalue weighted by molar-refractivity contribution is -0.143. The van der Waals surface area contributed by atoms with Gasteiger partial charge in [0.1, 0.15) is 18.1 Å². The zero-order chi connectivity index (χ0) is 23.3. The summed E-state index contributed by atoms with van der Waals surface area (Å²) in [7, 11) is 0. The number of carboxylic acid groups (broad SMARTS) is 1. The van der Waals surface area contributed by atoms with Crippen LogP contribution in [0.15, 0.2) is 0 Å². The second kappa shape index (κ2) is 14.9. The van der Waals surface area contributed by atoms with Gasteiger partial charge in [0.05, 0.1) is 12.5 Å². The van der Waals surface area contributed by atoms with Crippen LogP contribution >= 0.6 is 23.5 Å². The fraction of sp³-hybridized carbons (Fsp3) is 0.706. The van der Waals surface area contributed by atoms with E-state index in [2.05, 4.69) is 16.0 Å². The average molecular weight is 466 g/mol. The summed E-state index contributed by atoms with van der Waals surface area (Å²) in [5.41, 5.74) is 10.8. The van der Waals surface area contributed by atoms with E-state index in [4.69, 9.17) is 16.6 Å². The molecular formula is C17H31N5O6S2. The molecule has 4 amide bonds. The van der Waals surface area contributed by atoms with Crippen LogP contribution in [0.5, 0.6) is 0 Å². The summed E-state index contributed by atoms with van der Waals surface area (Å²) in [4.78, 5) is 59.2. The van der Waals surface area contributed by atoms with E-state index in [9.17, 15) is 24.0 Å². The molecule has 0 aliphatic heterocycles. The molecule has 0 rings (SSSR count). The van der Waals surface area contributed by atoms with Crippen LogP contribution in [-0.2, 0) is 24.0 Å². The van der Waals surface area contributed by atoms with E-state index in [-0.39, 0.29) is 6.42 Å². The van der Waals surface area contributed by atoms with Gasteiger partial charge in [-0.05, 0) is 43.8 Å². The van der Waals surface area contributed by atoms with Gasteiger partial charge in [0.15, 0.2) is 0 Å². The molecule has 0 aromatic heterocycles. The number of thioether (sulfide) groups is 2. The molecule has 0 spiro atoms. The summed E-state index contributed by atoms with van der Waals surface area (Å²) in [6.45, 7) is 1.45. The molecule has 0 aliphatic carbocycles. The van der Waals surface area contributed by atoms with Crippen molar-refractivity contribution in [3.8, 4) is 0 Å². The van der Waals surface area contributed by atoms with Crippen LogP contribution in [0.25, 0.3) is 0 Å². The summed E-state index contributed by atoms with van der Waals surface area (Å²) in [6, 6.07) is -4.27. The third-order valence-corrected chi connectivity index (χ3v) is 5.27. The number of carbonyl (C=O) groups is 5. The summed E-state index contributed by atoms with van der Waals surface area (Å²) >= 11 is 2.98. The van der Waals surface area contributed by atoms with Gasteiger partial charge < -0.3 is 32.5 Å². The van der Waals surface area contributed by atoms with Gasteiger partial charge in [-0.2, -0.15) is 23.5 Å². The van der Waals surface area contributed by atoms with Crippen molar-refractivity contribution in [3.63, 3.8) is 0 Å². The van der Waals surface area contributed by atoms with Crippen molar-refractivity contribution in [1.82, 2.24) is 16.0 Å². The first-order valence-corrected chi connectivity index (χ1v) is 12.0. The molecule has 13 heteroatoms. The van der Waals surface area contributed by atoms with Crippen molar-refractivity contribution < 1.29 is 29.1 Å². The number of rotatable bonds is 15. The molecule has 8 N–H and O–H groups in total. The minimum Gasteiger partial charge on any atom is -0.480 e. The lowest BCUT2D eigenvalue weighted by Crippen LogP contribution is -2.56. The fourth-order valence-corrected chi connectivity index (χ4v) is 3.20. The Bertz CT molecular complexity index is 621. The molecule has 0 heterocycles. The maximum absolute atomic E-state index is 12.5. The van der Waals surface area contributed by atoms with E-state index in [0.29, 0.717) is 17.9 Å². The van der Waals surface area contributed by atoms with Crippen molar-refractivity contribution in [1.29, 1.82) is 0 Å². The highest BCUT2D eigenvalue weighted by molar-refractivity contribution is 7.98. The molecule has 4 atom stereocenters. The number of hydrogen-bond donors (Lipinski definition) is 6. The van der Waals surface area contributed by atoms with E-state index >= 15 is 0 Å². The lowest BCUT2D eigenvalue weighted by atomic mass is 10.1. The minimum atomic E-state index is -1.50. The van der Waals surface area contributed by atoms with Crippen LogP contribution in [-0.4, -0.2) is 82.9 Å². The van der Waals surface area contributed by atoms with Crippen molar-refractivity contribution in [2.45, 2.75) is 50.4 Å². The van der Waals surface area contributed by atoms with Crippen LogP contribution in [0.1, 0.15) is 26.2 Å². The molecule has 0 saturated carbocycles. The smallest absolute Gasteiger partial charge is 0.326 e. The zero-order valence-electron chi connectivity index (χ0n) is 17.3. The number of aliphatic carboxylic acids is 1. The monoisotopic (exact) mass is 465 g/mol. The van der Waals surface area contributed by atoms with Gasteiger partial charge in [0, 0.05) is 0 Å². The first-order valence-electron chi connectivity index (χ1n) is 9.19. The second-order valence-corrected chi connectivity index (χ2v) is 8.50. The van der Waals surface area contributed by atoms with Gasteiger partial charge in [0.25, 0.3) is 0 Å². The Morgan fingerprint density at radius 3 is 1.90 bits per heavy atom. The molecule has 30 heavy (non-hydrogen) atoms. The Labute approximate surface area is 184 Å². The molecule has 4 unspecified atom stereocenters. The summed E-state index contributed by atoms with van der Waals surface area (Å²) in [6.07, 6.45) is 3.79. The normalized spacial score (nSPS) is 14.7. The Kier molecular flexibility index (Phi) is 13.9. The van der Waals surface area contributed by atoms with Gasteiger partial charge in [-0.25, -0.2) is 4.79 Å². The highest BCUT2D eigenvalue weighted by atomic mass is 32.2. The Morgan fingerprint density at radius 1 is 0.867 bits per heavy atom. The van der Waals surface area contributed by atoms with Crippen LogP contribution in [0, 0.1) is 0 Å². The topological polar surface area (TPSA) is 194 Å². The maximum Gasteiger partial charge on any atom is 0.326 e. The highest BCUT2D eigenvalue weighted by Crippen LogP contribution is 2.04. The van der Waals surface area contributed by atoms with Gasteiger partial charge in [-0.3, -0.25) is 19.2 Å². The second-order valence-electron chi connectivity index (χ2n) is 6.53. The number of hydrogen-bond acceptors (Lipinski definition) is 8. The van der Waals surface area contributed by atoms with E-state index < -0.39 is 60.2 Å². The highest BCUT2D eigenvalue weighted by Gasteiger charge is 2.29. The molecule has 0 radical (unpaired) electrons. The predicted molar refractivity (Wildman–Crippen MR) is 117 cm³/mol. The molecule has 0 saturated heterocycles. The Hall–Kier alpha value is -1.99. The van der Waals surface area contributed by atoms with Crippen LogP contribution in [0.4, 0.5) is 0 Å². The summed E-state index contributed by atoms with van der Waals surface area (Å²) < 4.78 is 0. The standard InChI is InChI=1S/C17H31N5O6S2/c1-9(20-15(25)10(18)4-6-29-2)14(24)21-11(5-7-30-3)16(26)22-12(17(27)28)8-13(19)23/h9-12H,4-8,18H2,1-3H3,(H2,19,23)(H,20,25)(H,21,24)(H,22,26)(H,27,28). The van der Waals surface area contributed by atoms with Crippen molar-refractivity contribution in [2.75, 3.05) is 24.0 Å². The van der Waals surface area contributed by atoms with Crippen LogP contribution in [0.2, 0.25) is 0 Å². The Morgan fingerprint density at radius 2 is 1.40 bits per heavy atom. The largest absolute Gasteiger partial charge is 0.480 e. The van der Waals surface area contributed by atoms with Gasteiger partial charge >= 0.3 is 5.97 Å². The summed E-state index contributed by atoms with van der Waals surface area (Å²) in [5.74, 6) is -2.97. The van der Waals surface area contributed by atoms with Crippen molar-refractivity contribution in [3.05, 3.63) is 0 Å². The third kappa shape index (κ3) is 11.3. The maximum atomic E-state index is 12.5. The molecule has 0 fully saturated rings. The Balaban J connectivity index is 5.02. The van der Waals surface area contributed by atoms with Gasteiger partial charge in [0.2, 0.25) is 23.6 Å². The van der Waals surface area contributed by atoms with E-state index in [0.717, 1.165) is 0 Å². The van der Waals surface area contributed by atoms with E-state index in [1.165, 1.54) is 18.7 Å². The number of nitrogens with one attached hydrogen (secondary N) is 3. The van der Waals surface area contributed by atoms with E-state index in [1.807, 2.05) is 12.5 Å². The SMILES string of the molecule is CSCCC(N)C(=O)NC(C)C(=O)NC(CCSC)C(=O)NC(CC(N)=O)C(=O)O. The zero-order valence-corrected chi connectivity index (χ0v) is 18.9. The quantitative estimate of drug-likeness (QED) is 0.163. The number of carboxylic acids is 1. The predicted octanol–water partition coefficient (Wildman–Crippen LogP) is -1.75. The molecule has 0 bridgehead atoms. The van der Waals surface area contributed by atoms with Crippen LogP contribution in [0.3, 0.4) is 0 Å². The van der Waals surface area contributed by atoms with Gasteiger partial charge in [-0.15, -0.1) is 0 Å². The first-order chi connectivity index (χ1) is 14.0. The lowest BCUT2D eigenvalue weighted by Gasteiger charge is -2.23. The first kappa shape index (κ1) is 28.0. The molecule has 11 nitrogen and oxygen atoms in total. The fourth-order valence-electron chi connectivity index (χ4n) is 2.24. The average Bonchev–Trinajstić information content (AvgIpc) is 2.67. The molecule has 172 valence electrons. The van der Waals surface area contributed by atoms with Crippen molar-refractivity contribution in [2.24, 2.45) is 11.5 Å². The van der Waals surface area contributed by atoms with E-state index in [1.54, 1.807) is 11.8 Å². The third-order valence-electron chi connectivity index (χ3n) is 3.99. The number of carbonyl (C=O) groups excluding carboxylic acids is 4. The minimum absolute atomic E-state index is 0.218. The molecule has 0 aromatic carbocycles. The number of amides is 4. The molecule has 0 aromatic rings. The summed E-state index contributed by atoms with van der Waals surface area (Å²) in [5, 5.41) is 16.3. The molecule has 0 aliphatic rings. The van der Waals surface area contributed by atoms with Crippen molar-refractivity contribution >= 4 is 53.1 Å². The van der Waals surface area contributed by atoms with Gasteiger partial charge in [-0.1, -0.05) is 0 Å². The number of nitrogens with two attached hydrogens (primary N) is 2.